The lowest BCUT2D eigenvalue weighted by Crippen LogP contribution is -2.37. The number of nitrogens with two attached hydrogens (primary N) is 2. The molecule has 0 unspecified atom stereocenters. The molecule has 0 spiro atoms. The summed E-state index contributed by atoms with van der Waals surface area (Å²) in [5, 5.41) is 6.38. The smallest absolute Gasteiger partial charge is 0.263 e. The van der Waals surface area contributed by atoms with Gasteiger partial charge in [-0.2, -0.15) is 0 Å². The number of rotatable bonds is 10. The number of aromatic nitrogens is 10. The number of aromatic amines is 2. The van der Waals surface area contributed by atoms with Crippen LogP contribution in [-0.2, 0) is 9.47 Å². The second-order valence-corrected chi connectivity index (χ2v) is 12.5. The predicted molar refractivity (Wildman–Crippen MR) is 215 cm³/mol. The Hall–Kier alpha value is -7.46. The number of nitrogen functional groups attached to an aromatic ring is 2. The van der Waals surface area contributed by atoms with Crippen molar-refractivity contribution in [3.05, 3.63) is 81.9 Å². The molecule has 8 rings (SSSR count). The monoisotopic (exact) mass is 792 g/mol. The zero-order valence-electron chi connectivity index (χ0n) is 31.5. The van der Waals surface area contributed by atoms with Crippen molar-refractivity contribution in [2.75, 3.05) is 98.7 Å². The summed E-state index contributed by atoms with van der Waals surface area (Å²) in [6.07, 6.45) is 6.00. The number of anilines is 8. The van der Waals surface area contributed by atoms with Gasteiger partial charge in [-0.3, -0.25) is 19.6 Å². The molecule has 22 heteroatoms. The van der Waals surface area contributed by atoms with Gasteiger partial charge in [-0.15, -0.1) is 0 Å². The van der Waals surface area contributed by atoms with Gasteiger partial charge in [0.05, 0.1) is 64.4 Å². The number of H-pyrrole nitrogens is 2. The van der Waals surface area contributed by atoms with Gasteiger partial charge >= 0.3 is 0 Å². The molecular weight excluding hydrogens is 753 g/mol. The van der Waals surface area contributed by atoms with Gasteiger partial charge in [0.25, 0.3) is 11.1 Å². The van der Waals surface area contributed by atoms with Crippen molar-refractivity contribution in [1.82, 2.24) is 49.8 Å². The third kappa shape index (κ3) is 9.66. The van der Waals surface area contributed by atoms with Crippen molar-refractivity contribution in [1.29, 1.82) is 0 Å². The van der Waals surface area contributed by atoms with E-state index < -0.39 is 11.1 Å². The highest BCUT2D eigenvalue weighted by atomic mass is 16.5. The average Bonchev–Trinajstić information content (AvgIpc) is 3.25. The van der Waals surface area contributed by atoms with Crippen molar-refractivity contribution in [3.8, 4) is 34.5 Å². The SMILES string of the molecule is COc1ccc(Nc2cc(N3CCOCC3)nc(-c3cnc(N)[nH]c3=O)n2)cn1.COc1ccc(Nc2cc(N3CCOCC3)nc(-c3cnc(N)[nH]c3=O)n2)cn1. The van der Waals surface area contributed by atoms with E-state index in [4.69, 9.17) is 30.4 Å². The van der Waals surface area contributed by atoms with E-state index in [0.717, 1.165) is 0 Å². The van der Waals surface area contributed by atoms with Crippen LogP contribution < -0.4 is 52.5 Å². The number of nitrogens with zero attached hydrogens (tertiary/aromatic N) is 10. The molecule has 0 atom stereocenters. The van der Waals surface area contributed by atoms with Gasteiger partial charge < -0.3 is 50.8 Å². The Labute approximate surface area is 330 Å². The van der Waals surface area contributed by atoms with Crippen LogP contribution in [0.25, 0.3) is 22.8 Å². The molecule has 8 N–H and O–H groups in total. The molecule has 0 bridgehead atoms. The largest absolute Gasteiger partial charge is 0.481 e. The zero-order chi connectivity index (χ0) is 40.4. The second kappa shape index (κ2) is 18.0. The lowest BCUT2D eigenvalue weighted by Gasteiger charge is -2.28. The Balaban J connectivity index is 0.000000177. The number of morpholine rings is 2. The lowest BCUT2D eigenvalue weighted by molar-refractivity contribution is 0.122. The molecule has 58 heavy (non-hydrogen) atoms. The highest BCUT2D eigenvalue weighted by Crippen LogP contribution is 2.26. The fourth-order valence-corrected chi connectivity index (χ4v) is 5.73. The van der Waals surface area contributed by atoms with Crippen LogP contribution in [0.1, 0.15) is 0 Å². The summed E-state index contributed by atoms with van der Waals surface area (Å²) in [6.45, 7) is 5.19. The second-order valence-electron chi connectivity index (χ2n) is 12.5. The lowest BCUT2D eigenvalue weighted by atomic mass is 10.3. The summed E-state index contributed by atoms with van der Waals surface area (Å²) in [7, 11) is 3.11. The Bertz CT molecular complexity index is 2270. The van der Waals surface area contributed by atoms with Gasteiger partial charge in [-0.25, -0.2) is 39.9 Å². The Morgan fingerprint density at radius 1 is 0.603 bits per heavy atom. The predicted octanol–water partition coefficient (Wildman–Crippen LogP) is 1.59. The van der Waals surface area contributed by atoms with Gasteiger partial charge in [0.15, 0.2) is 23.5 Å². The maximum Gasteiger partial charge on any atom is 0.263 e. The third-order valence-electron chi connectivity index (χ3n) is 8.65. The maximum atomic E-state index is 12.3. The van der Waals surface area contributed by atoms with Crippen molar-refractivity contribution in [3.63, 3.8) is 0 Å². The number of nitrogens with one attached hydrogen (secondary N) is 4. The van der Waals surface area contributed by atoms with Crippen molar-refractivity contribution >= 4 is 46.5 Å². The van der Waals surface area contributed by atoms with Crippen LogP contribution in [-0.4, -0.2) is 117 Å². The molecule has 2 saturated heterocycles. The van der Waals surface area contributed by atoms with Crippen LogP contribution in [0.15, 0.2) is 70.8 Å². The first-order valence-corrected chi connectivity index (χ1v) is 17.9. The van der Waals surface area contributed by atoms with E-state index in [-0.39, 0.29) is 34.7 Å². The topological polar surface area (TPSA) is 288 Å². The van der Waals surface area contributed by atoms with E-state index in [1.54, 1.807) is 38.7 Å². The van der Waals surface area contributed by atoms with Crippen LogP contribution in [0.2, 0.25) is 0 Å². The fraction of sp³-hybridized carbons (Fsp3) is 0.278. The molecular formula is C36H40N16O6. The average molecular weight is 793 g/mol. The maximum absolute atomic E-state index is 12.3. The molecule has 6 aromatic rings. The number of methoxy groups -OCH3 is 2. The quantitative estimate of drug-likeness (QED) is 0.115. The first-order chi connectivity index (χ1) is 28.2. The third-order valence-corrected chi connectivity index (χ3v) is 8.65. The summed E-state index contributed by atoms with van der Waals surface area (Å²) in [6, 6.07) is 10.7. The van der Waals surface area contributed by atoms with Crippen molar-refractivity contribution < 1.29 is 18.9 Å². The molecule has 22 nitrogen and oxygen atoms in total. The van der Waals surface area contributed by atoms with Crippen LogP contribution in [0.4, 0.5) is 46.5 Å². The molecule has 0 radical (unpaired) electrons. The Morgan fingerprint density at radius 2 is 1.02 bits per heavy atom. The fourth-order valence-electron chi connectivity index (χ4n) is 5.73. The van der Waals surface area contributed by atoms with Crippen LogP contribution in [0.5, 0.6) is 11.8 Å². The molecule has 0 aliphatic carbocycles. The van der Waals surface area contributed by atoms with Gasteiger partial charge in [-0.05, 0) is 12.1 Å². The molecule has 2 aliphatic heterocycles. The first-order valence-electron chi connectivity index (χ1n) is 17.9. The Morgan fingerprint density at radius 3 is 1.36 bits per heavy atom. The normalized spacial score (nSPS) is 13.9. The van der Waals surface area contributed by atoms with Crippen LogP contribution in [0, 0.1) is 0 Å². The van der Waals surface area contributed by atoms with Crippen LogP contribution in [0.3, 0.4) is 0 Å². The van der Waals surface area contributed by atoms with E-state index >= 15 is 0 Å². The molecule has 2 aliphatic rings. The van der Waals surface area contributed by atoms with Crippen molar-refractivity contribution in [2.24, 2.45) is 0 Å². The van der Waals surface area contributed by atoms with E-state index in [1.165, 1.54) is 12.4 Å². The summed E-state index contributed by atoms with van der Waals surface area (Å²) in [4.78, 5) is 68.1. The van der Waals surface area contributed by atoms with Gasteiger partial charge in [0.1, 0.15) is 34.4 Å². The van der Waals surface area contributed by atoms with Gasteiger partial charge in [0.2, 0.25) is 11.8 Å². The Kier molecular flexibility index (Phi) is 12.0. The standard InChI is InChI=1S/2C18H20N8O3/c2*1-28-15-3-2-11(9-20-15)22-13-8-14(26-4-6-29-7-5-26)24-16(23-13)12-10-21-18(19)25-17(12)27/h2*2-3,8-10H,4-7H2,1H3,(H,22,23,24)(H3,19,21,25,27). The molecule has 0 aromatic carbocycles. The van der Waals surface area contributed by atoms with E-state index in [2.05, 4.69) is 70.3 Å². The number of hydrogen-bond acceptors (Lipinski definition) is 20. The molecule has 2 fully saturated rings. The van der Waals surface area contributed by atoms with Gasteiger partial charge in [-0.1, -0.05) is 0 Å². The number of hydrogen-bond donors (Lipinski definition) is 6. The minimum atomic E-state index is -0.409. The summed E-state index contributed by atoms with van der Waals surface area (Å²) < 4.78 is 21.0. The van der Waals surface area contributed by atoms with Crippen LogP contribution >= 0.6 is 0 Å². The summed E-state index contributed by atoms with van der Waals surface area (Å²) in [5.41, 5.74) is 12.2. The van der Waals surface area contributed by atoms with E-state index in [9.17, 15) is 9.59 Å². The van der Waals surface area contributed by atoms with Gasteiger partial charge in [0, 0.05) is 62.8 Å². The number of ether oxygens (including phenoxy) is 4. The molecule has 0 saturated carbocycles. The summed E-state index contributed by atoms with van der Waals surface area (Å²) in [5.74, 6) is 3.95. The molecule has 8 heterocycles. The van der Waals surface area contributed by atoms with E-state index in [1.807, 2.05) is 24.3 Å². The minimum Gasteiger partial charge on any atom is -0.481 e. The molecule has 6 aromatic heterocycles. The highest BCUT2D eigenvalue weighted by molar-refractivity contribution is 5.66. The summed E-state index contributed by atoms with van der Waals surface area (Å²) >= 11 is 0. The van der Waals surface area contributed by atoms with E-state index in [0.29, 0.717) is 99.0 Å². The van der Waals surface area contributed by atoms with Crippen molar-refractivity contribution in [2.45, 2.75) is 0 Å². The first kappa shape index (κ1) is 38.8. The minimum absolute atomic E-state index is 0.0331. The molecule has 300 valence electrons. The zero-order valence-corrected chi connectivity index (χ0v) is 31.5. The highest BCUT2D eigenvalue weighted by Gasteiger charge is 2.19. The molecule has 0 amide bonds. The number of pyridine rings is 2.